The molecule has 1 atom stereocenters. The van der Waals surface area contributed by atoms with Gasteiger partial charge in [-0.3, -0.25) is 4.79 Å². The Bertz CT molecular complexity index is 1470. The van der Waals surface area contributed by atoms with Gasteiger partial charge in [-0.1, -0.05) is 12.8 Å². The summed E-state index contributed by atoms with van der Waals surface area (Å²) in [6.45, 7) is 9.35. The number of nitrogens with one attached hydrogen (secondary N) is 1. The Morgan fingerprint density at radius 3 is 2.62 bits per heavy atom. The Morgan fingerprint density at radius 1 is 1.23 bits per heavy atom. The fourth-order valence-corrected chi connectivity index (χ4v) is 5.93. The van der Waals surface area contributed by atoms with E-state index in [4.69, 9.17) is 9.47 Å². The standard InChI is InChI=1S/C30H37FN4O5/c1-16-19-11-8-12-39-27(19)21(31)14-20(16)26-25(28(29(37)38)40-30(3,4)5)17(2)32-23-15-22(34-35(23)26)33-24(36)13-18-9-6-7-10-18/h14-15,18,28H,6-13H2,1-5H3,(H,37,38)(H,33,34,36)/t28-/m0/s1. The van der Waals surface area contributed by atoms with Crippen molar-refractivity contribution in [1.82, 2.24) is 14.6 Å². The lowest BCUT2D eigenvalue weighted by Gasteiger charge is -2.28. The topological polar surface area (TPSA) is 115 Å². The quantitative estimate of drug-likeness (QED) is 0.373. The zero-order chi connectivity index (χ0) is 28.8. The van der Waals surface area contributed by atoms with E-state index in [-0.39, 0.29) is 17.2 Å². The number of nitrogens with zero attached hydrogens (tertiary/aromatic N) is 3. The highest BCUT2D eigenvalue weighted by molar-refractivity contribution is 5.91. The maximum atomic E-state index is 15.5. The molecule has 0 bridgehead atoms. The van der Waals surface area contributed by atoms with Crippen LogP contribution in [0, 0.1) is 25.6 Å². The van der Waals surface area contributed by atoms with Crippen LogP contribution in [0.2, 0.25) is 0 Å². The van der Waals surface area contributed by atoms with Crippen molar-refractivity contribution in [2.75, 3.05) is 11.9 Å². The molecule has 0 spiro atoms. The summed E-state index contributed by atoms with van der Waals surface area (Å²) in [4.78, 5) is 30.1. The number of carboxylic acid groups (broad SMARTS) is 1. The highest BCUT2D eigenvalue weighted by atomic mass is 19.1. The molecule has 1 fully saturated rings. The van der Waals surface area contributed by atoms with E-state index in [1.807, 2.05) is 6.92 Å². The van der Waals surface area contributed by atoms with Crippen LogP contribution in [0.3, 0.4) is 0 Å². The van der Waals surface area contributed by atoms with Crippen molar-refractivity contribution < 1.29 is 28.6 Å². The molecule has 5 rings (SSSR count). The minimum absolute atomic E-state index is 0.124. The number of amides is 1. The van der Waals surface area contributed by atoms with Crippen LogP contribution < -0.4 is 10.1 Å². The van der Waals surface area contributed by atoms with Gasteiger partial charge < -0.3 is 19.9 Å². The van der Waals surface area contributed by atoms with Gasteiger partial charge in [-0.25, -0.2) is 18.7 Å². The summed E-state index contributed by atoms with van der Waals surface area (Å²) in [5.41, 5.74) is 2.65. The zero-order valence-electron chi connectivity index (χ0n) is 23.8. The molecule has 0 unspecified atom stereocenters. The molecular weight excluding hydrogens is 515 g/mol. The van der Waals surface area contributed by atoms with E-state index < -0.39 is 23.5 Å². The molecule has 10 heteroatoms. The number of anilines is 1. The van der Waals surface area contributed by atoms with E-state index in [9.17, 15) is 14.7 Å². The summed E-state index contributed by atoms with van der Waals surface area (Å²) in [6.07, 6.45) is 4.79. The largest absolute Gasteiger partial charge is 0.490 e. The second-order valence-corrected chi connectivity index (χ2v) is 11.9. The van der Waals surface area contributed by atoms with Crippen molar-refractivity contribution in [3.63, 3.8) is 0 Å². The van der Waals surface area contributed by atoms with Crippen molar-refractivity contribution in [2.24, 2.45) is 5.92 Å². The molecule has 2 aliphatic rings. The van der Waals surface area contributed by atoms with Gasteiger partial charge in [-0.2, -0.15) is 0 Å². The van der Waals surface area contributed by atoms with Gasteiger partial charge in [-0.05, 0) is 77.8 Å². The highest BCUT2D eigenvalue weighted by Crippen LogP contribution is 2.41. The zero-order valence-corrected chi connectivity index (χ0v) is 23.8. The molecule has 2 aromatic heterocycles. The van der Waals surface area contributed by atoms with Gasteiger partial charge in [0.15, 0.2) is 29.1 Å². The molecule has 214 valence electrons. The van der Waals surface area contributed by atoms with Crippen molar-refractivity contribution in [2.45, 2.75) is 91.3 Å². The van der Waals surface area contributed by atoms with Gasteiger partial charge in [0.1, 0.15) is 0 Å². The SMILES string of the molecule is Cc1nc2cc(NC(=O)CC3CCCC3)nn2c(-c2cc(F)c3c(c2C)CCCO3)c1[C@H](OC(C)(C)C)C(=O)O. The first-order valence-corrected chi connectivity index (χ1v) is 14.0. The summed E-state index contributed by atoms with van der Waals surface area (Å²) < 4.78 is 28.6. The maximum absolute atomic E-state index is 15.5. The van der Waals surface area contributed by atoms with Crippen LogP contribution in [0.5, 0.6) is 5.75 Å². The minimum atomic E-state index is -1.40. The molecule has 1 aromatic carbocycles. The molecule has 0 radical (unpaired) electrons. The monoisotopic (exact) mass is 552 g/mol. The van der Waals surface area contributed by atoms with Crippen LogP contribution in [0.15, 0.2) is 12.1 Å². The summed E-state index contributed by atoms with van der Waals surface area (Å²) in [7, 11) is 0. The smallest absolute Gasteiger partial charge is 0.337 e. The molecule has 1 aliphatic heterocycles. The van der Waals surface area contributed by atoms with E-state index >= 15 is 4.39 Å². The Kier molecular flexibility index (Phi) is 7.56. The molecule has 3 heterocycles. The number of benzene rings is 1. The predicted octanol–water partition coefficient (Wildman–Crippen LogP) is 5.94. The van der Waals surface area contributed by atoms with E-state index in [1.54, 1.807) is 33.8 Å². The van der Waals surface area contributed by atoms with E-state index in [0.29, 0.717) is 53.8 Å². The minimum Gasteiger partial charge on any atom is -0.490 e. The third-order valence-corrected chi connectivity index (χ3v) is 7.70. The Morgan fingerprint density at radius 2 is 1.95 bits per heavy atom. The normalized spacial score (nSPS) is 16.6. The number of hydrogen-bond acceptors (Lipinski definition) is 6. The van der Waals surface area contributed by atoms with Crippen LogP contribution in [0.25, 0.3) is 16.9 Å². The van der Waals surface area contributed by atoms with E-state index in [1.165, 1.54) is 10.6 Å². The molecule has 2 N–H and O–H groups in total. The summed E-state index contributed by atoms with van der Waals surface area (Å²) in [6, 6.07) is 3.02. The van der Waals surface area contributed by atoms with Crippen LogP contribution in [-0.4, -0.2) is 43.8 Å². The molecule has 9 nitrogen and oxygen atoms in total. The number of aryl methyl sites for hydroxylation is 1. The molecular formula is C30H37FN4O5. The molecule has 1 saturated carbocycles. The van der Waals surface area contributed by atoms with Gasteiger partial charge in [0, 0.05) is 34.9 Å². The van der Waals surface area contributed by atoms with E-state index in [0.717, 1.165) is 43.2 Å². The number of halogens is 1. The first-order chi connectivity index (χ1) is 18.9. The fraction of sp³-hybridized carbons (Fsp3) is 0.533. The number of carbonyl (C=O) groups excluding carboxylic acids is 1. The van der Waals surface area contributed by atoms with Crippen LogP contribution in [0.4, 0.5) is 10.2 Å². The second-order valence-electron chi connectivity index (χ2n) is 11.9. The Labute approximate surface area is 233 Å². The van der Waals surface area contributed by atoms with Gasteiger partial charge in [0.05, 0.1) is 17.9 Å². The van der Waals surface area contributed by atoms with Crippen molar-refractivity contribution in [3.8, 4) is 17.0 Å². The first-order valence-electron chi connectivity index (χ1n) is 14.0. The fourth-order valence-electron chi connectivity index (χ4n) is 5.93. The van der Waals surface area contributed by atoms with Crippen LogP contribution in [0.1, 0.15) is 87.8 Å². The average Bonchev–Trinajstić information content (AvgIpc) is 3.53. The number of carbonyl (C=O) groups is 2. The number of carboxylic acids is 1. The number of rotatable bonds is 7. The molecule has 3 aromatic rings. The summed E-state index contributed by atoms with van der Waals surface area (Å²) in [5, 5.41) is 17.8. The number of fused-ring (bicyclic) bond motifs is 2. The highest BCUT2D eigenvalue weighted by Gasteiger charge is 2.34. The Balaban J connectivity index is 1.70. The number of aliphatic carboxylic acids is 1. The molecule has 0 saturated heterocycles. The van der Waals surface area contributed by atoms with Crippen LogP contribution in [-0.2, 0) is 20.7 Å². The van der Waals surface area contributed by atoms with Crippen LogP contribution >= 0.6 is 0 Å². The summed E-state index contributed by atoms with van der Waals surface area (Å²) in [5.74, 6) is -0.939. The van der Waals surface area contributed by atoms with Gasteiger partial charge in [0.2, 0.25) is 5.91 Å². The van der Waals surface area contributed by atoms with Gasteiger partial charge in [-0.15, -0.1) is 5.10 Å². The third kappa shape index (κ3) is 5.54. The van der Waals surface area contributed by atoms with Crippen molar-refractivity contribution in [1.29, 1.82) is 0 Å². The molecule has 1 amide bonds. The van der Waals surface area contributed by atoms with Crippen molar-refractivity contribution >= 4 is 23.3 Å². The van der Waals surface area contributed by atoms with E-state index in [2.05, 4.69) is 15.4 Å². The number of ether oxygens (including phenoxy) is 2. The lowest BCUT2D eigenvalue weighted by molar-refractivity contribution is -0.160. The second kappa shape index (κ2) is 10.8. The lowest BCUT2D eigenvalue weighted by Crippen LogP contribution is -2.29. The van der Waals surface area contributed by atoms with Crippen molar-refractivity contribution in [3.05, 3.63) is 40.3 Å². The predicted molar refractivity (Wildman–Crippen MR) is 148 cm³/mol. The maximum Gasteiger partial charge on any atom is 0.337 e. The van der Waals surface area contributed by atoms with Gasteiger partial charge in [0.25, 0.3) is 0 Å². The first kappa shape index (κ1) is 28.0. The number of aromatic nitrogens is 3. The lowest BCUT2D eigenvalue weighted by atomic mass is 9.91. The third-order valence-electron chi connectivity index (χ3n) is 7.70. The molecule has 40 heavy (non-hydrogen) atoms. The number of hydrogen-bond donors (Lipinski definition) is 2. The van der Waals surface area contributed by atoms with Gasteiger partial charge >= 0.3 is 5.97 Å². The summed E-state index contributed by atoms with van der Waals surface area (Å²) >= 11 is 0. The average molecular weight is 553 g/mol. The molecule has 1 aliphatic carbocycles. The Hall–Kier alpha value is -3.53.